The number of carbonyl (C=O) groups is 1. The molecule has 2 N–H and O–H groups in total. The number of hydrogen-bond donors (Lipinski definition) is 2. The number of halogens is 1. The molecule has 1 aromatic carbocycles. The van der Waals surface area contributed by atoms with Gasteiger partial charge in [-0.05, 0) is 37.1 Å². The highest BCUT2D eigenvalue weighted by atomic mass is 19.1. The van der Waals surface area contributed by atoms with Crippen LogP contribution in [0.15, 0.2) is 35.9 Å². The van der Waals surface area contributed by atoms with Crippen molar-refractivity contribution >= 4 is 5.91 Å². The molecule has 1 aliphatic rings. The first-order valence-electron chi connectivity index (χ1n) is 6.64. The molecule has 2 rings (SSSR count). The maximum Gasteiger partial charge on any atom is 0.220 e. The number of benzene rings is 1. The van der Waals surface area contributed by atoms with Crippen LogP contribution in [-0.4, -0.2) is 25.5 Å². The third kappa shape index (κ3) is 4.83. The summed E-state index contributed by atoms with van der Waals surface area (Å²) in [6.07, 6.45) is 4.21. The Bertz CT molecular complexity index is 454. The fourth-order valence-electron chi connectivity index (χ4n) is 2.04. The van der Waals surface area contributed by atoms with E-state index in [-0.39, 0.29) is 11.7 Å². The number of amides is 1. The summed E-state index contributed by atoms with van der Waals surface area (Å²) >= 11 is 0. The van der Waals surface area contributed by atoms with Crippen molar-refractivity contribution in [2.24, 2.45) is 0 Å². The Hall–Kier alpha value is -1.68. The summed E-state index contributed by atoms with van der Waals surface area (Å²) in [5.41, 5.74) is 2.27. The highest BCUT2D eigenvalue weighted by molar-refractivity contribution is 5.76. The number of carbonyl (C=O) groups excluding carboxylic acids is 1. The van der Waals surface area contributed by atoms with Crippen molar-refractivity contribution in [3.8, 4) is 0 Å². The SMILES string of the molecule is O=C(CCc1ccc(F)cc1)NCC1=CCNCC1. The van der Waals surface area contributed by atoms with Gasteiger partial charge in [-0.3, -0.25) is 4.79 Å². The van der Waals surface area contributed by atoms with Crippen LogP contribution in [0.25, 0.3) is 0 Å². The largest absolute Gasteiger partial charge is 0.352 e. The highest BCUT2D eigenvalue weighted by Gasteiger charge is 2.06. The highest BCUT2D eigenvalue weighted by Crippen LogP contribution is 2.06. The van der Waals surface area contributed by atoms with Crippen molar-refractivity contribution < 1.29 is 9.18 Å². The maximum absolute atomic E-state index is 12.7. The summed E-state index contributed by atoms with van der Waals surface area (Å²) in [6.45, 7) is 2.52. The van der Waals surface area contributed by atoms with Gasteiger partial charge in [-0.25, -0.2) is 4.39 Å². The van der Waals surface area contributed by atoms with Crippen molar-refractivity contribution in [3.05, 3.63) is 47.3 Å². The van der Waals surface area contributed by atoms with Crippen molar-refractivity contribution in [1.82, 2.24) is 10.6 Å². The predicted octanol–water partition coefficient (Wildman–Crippen LogP) is 1.79. The average Bonchev–Trinajstić information content (AvgIpc) is 2.45. The number of aryl methyl sites for hydroxylation is 1. The van der Waals surface area contributed by atoms with Crippen LogP contribution in [-0.2, 0) is 11.2 Å². The molecule has 1 aliphatic heterocycles. The van der Waals surface area contributed by atoms with E-state index in [4.69, 9.17) is 0 Å². The molecule has 0 radical (unpaired) electrons. The second-order valence-electron chi connectivity index (χ2n) is 4.72. The third-order valence-corrected chi connectivity index (χ3v) is 3.22. The minimum absolute atomic E-state index is 0.0451. The van der Waals surface area contributed by atoms with Crippen molar-refractivity contribution in [3.63, 3.8) is 0 Å². The predicted molar refractivity (Wildman–Crippen MR) is 73.3 cm³/mol. The molecule has 1 aromatic rings. The lowest BCUT2D eigenvalue weighted by atomic mass is 10.1. The molecule has 3 nitrogen and oxygen atoms in total. The van der Waals surface area contributed by atoms with Gasteiger partial charge in [0, 0.05) is 19.5 Å². The summed E-state index contributed by atoms with van der Waals surface area (Å²) in [5, 5.41) is 6.16. The van der Waals surface area contributed by atoms with E-state index in [1.807, 2.05) is 0 Å². The van der Waals surface area contributed by atoms with Gasteiger partial charge in [0.1, 0.15) is 5.82 Å². The van der Waals surface area contributed by atoms with Crippen LogP contribution in [0.2, 0.25) is 0 Å². The van der Waals surface area contributed by atoms with E-state index in [0.29, 0.717) is 19.4 Å². The van der Waals surface area contributed by atoms with Gasteiger partial charge < -0.3 is 10.6 Å². The van der Waals surface area contributed by atoms with Crippen LogP contribution in [0.3, 0.4) is 0 Å². The molecule has 0 saturated heterocycles. The van der Waals surface area contributed by atoms with Crippen molar-refractivity contribution in [2.75, 3.05) is 19.6 Å². The van der Waals surface area contributed by atoms with Gasteiger partial charge >= 0.3 is 0 Å². The maximum atomic E-state index is 12.7. The van der Waals surface area contributed by atoms with E-state index >= 15 is 0 Å². The molecule has 0 aliphatic carbocycles. The van der Waals surface area contributed by atoms with Crippen molar-refractivity contribution in [2.45, 2.75) is 19.3 Å². The van der Waals surface area contributed by atoms with Gasteiger partial charge in [0.05, 0.1) is 0 Å². The van der Waals surface area contributed by atoms with Gasteiger partial charge in [0.2, 0.25) is 5.91 Å². The van der Waals surface area contributed by atoms with Gasteiger partial charge in [-0.15, -0.1) is 0 Å². The first-order chi connectivity index (χ1) is 9.24. The minimum Gasteiger partial charge on any atom is -0.352 e. The molecule has 4 heteroatoms. The summed E-state index contributed by atoms with van der Waals surface area (Å²) in [5.74, 6) is -0.199. The van der Waals surface area contributed by atoms with Crippen LogP contribution in [0, 0.1) is 5.82 Å². The molecule has 0 atom stereocenters. The summed E-state index contributed by atoms with van der Waals surface area (Å²) in [7, 11) is 0. The van der Waals surface area contributed by atoms with Crippen LogP contribution in [0.5, 0.6) is 0 Å². The Morgan fingerprint density at radius 2 is 2.11 bits per heavy atom. The van der Waals surface area contributed by atoms with E-state index in [9.17, 15) is 9.18 Å². The number of hydrogen-bond acceptors (Lipinski definition) is 2. The van der Waals surface area contributed by atoms with Crippen LogP contribution in [0.4, 0.5) is 4.39 Å². The Balaban J connectivity index is 1.69. The second kappa shape index (κ2) is 7.04. The Morgan fingerprint density at radius 1 is 1.32 bits per heavy atom. The van der Waals surface area contributed by atoms with E-state index in [0.717, 1.165) is 25.1 Å². The Labute approximate surface area is 112 Å². The molecular weight excluding hydrogens is 243 g/mol. The molecule has 1 heterocycles. The minimum atomic E-state index is -0.244. The van der Waals surface area contributed by atoms with Crippen LogP contribution in [0.1, 0.15) is 18.4 Å². The van der Waals surface area contributed by atoms with E-state index in [2.05, 4.69) is 16.7 Å². The average molecular weight is 262 g/mol. The standard InChI is InChI=1S/C15H19FN2O/c16-14-4-1-12(2-5-14)3-6-15(19)18-11-13-7-9-17-10-8-13/h1-2,4-5,7,17H,3,6,8-11H2,(H,18,19). The Morgan fingerprint density at radius 3 is 2.79 bits per heavy atom. The molecule has 0 aromatic heterocycles. The van der Waals surface area contributed by atoms with E-state index < -0.39 is 0 Å². The van der Waals surface area contributed by atoms with Crippen LogP contribution >= 0.6 is 0 Å². The topological polar surface area (TPSA) is 41.1 Å². The van der Waals surface area contributed by atoms with Crippen LogP contribution < -0.4 is 10.6 Å². The summed E-state index contributed by atoms with van der Waals surface area (Å²) in [4.78, 5) is 11.7. The quantitative estimate of drug-likeness (QED) is 0.794. The molecule has 0 bridgehead atoms. The van der Waals surface area contributed by atoms with Crippen molar-refractivity contribution in [1.29, 1.82) is 0 Å². The lowest BCUT2D eigenvalue weighted by Gasteiger charge is -2.14. The zero-order chi connectivity index (χ0) is 13.5. The molecular formula is C15H19FN2O. The Kier molecular flexibility index (Phi) is 5.10. The van der Waals surface area contributed by atoms with E-state index in [1.54, 1.807) is 12.1 Å². The lowest BCUT2D eigenvalue weighted by Crippen LogP contribution is -2.29. The van der Waals surface area contributed by atoms with Gasteiger partial charge in [0.25, 0.3) is 0 Å². The first kappa shape index (κ1) is 13.7. The fourth-order valence-corrected chi connectivity index (χ4v) is 2.04. The monoisotopic (exact) mass is 262 g/mol. The molecule has 102 valence electrons. The first-order valence-corrected chi connectivity index (χ1v) is 6.64. The van der Waals surface area contributed by atoms with Gasteiger partial charge in [-0.2, -0.15) is 0 Å². The molecule has 0 unspecified atom stereocenters. The lowest BCUT2D eigenvalue weighted by molar-refractivity contribution is -0.120. The zero-order valence-corrected chi connectivity index (χ0v) is 10.9. The van der Waals surface area contributed by atoms with Gasteiger partial charge in [-0.1, -0.05) is 23.8 Å². The summed E-state index contributed by atoms with van der Waals surface area (Å²) in [6, 6.07) is 6.29. The molecule has 0 saturated carbocycles. The van der Waals surface area contributed by atoms with Gasteiger partial charge in [0.15, 0.2) is 0 Å². The summed E-state index contributed by atoms with van der Waals surface area (Å²) < 4.78 is 12.7. The van der Waals surface area contributed by atoms with E-state index in [1.165, 1.54) is 17.7 Å². The zero-order valence-electron chi connectivity index (χ0n) is 10.9. The third-order valence-electron chi connectivity index (χ3n) is 3.22. The molecule has 1 amide bonds. The molecule has 19 heavy (non-hydrogen) atoms. The second-order valence-corrected chi connectivity index (χ2v) is 4.72. The smallest absolute Gasteiger partial charge is 0.220 e. The number of rotatable bonds is 5. The normalized spacial score (nSPS) is 14.9. The molecule has 0 spiro atoms. The molecule has 0 fully saturated rings. The fraction of sp³-hybridized carbons (Fsp3) is 0.400. The number of nitrogens with one attached hydrogen (secondary N) is 2.